The van der Waals surface area contributed by atoms with E-state index in [0.29, 0.717) is 17.0 Å². The van der Waals surface area contributed by atoms with Crippen LogP contribution in [0.2, 0.25) is 0 Å². The smallest absolute Gasteiger partial charge is 0.344 e. The fourth-order valence-electron chi connectivity index (χ4n) is 2.25. The lowest BCUT2D eigenvalue weighted by atomic mass is 10.1. The van der Waals surface area contributed by atoms with Gasteiger partial charge in [0.15, 0.2) is 0 Å². The molecule has 0 amide bonds. The van der Waals surface area contributed by atoms with Gasteiger partial charge in [-0.1, -0.05) is 6.07 Å². The van der Waals surface area contributed by atoms with E-state index in [1.54, 1.807) is 18.2 Å². The molecule has 0 radical (unpaired) electrons. The van der Waals surface area contributed by atoms with Gasteiger partial charge in [-0.25, -0.2) is 4.79 Å². The number of likely N-dealkylation sites (tertiary alicyclic amines) is 1. The molecule has 0 saturated carbocycles. The first-order valence-electron chi connectivity index (χ1n) is 6.44. The minimum Gasteiger partial charge on any atom is -0.496 e. The molecular formula is C14H20N2O3. The van der Waals surface area contributed by atoms with E-state index < -0.39 is 5.97 Å². The Morgan fingerprint density at radius 2 is 2.05 bits per heavy atom. The molecule has 0 unspecified atom stereocenters. The molecule has 1 heterocycles. The zero-order valence-electron chi connectivity index (χ0n) is 11.4. The van der Waals surface area contributed by atoms with Crippen LogP contribution in [-0.2, 0) is 4.74 Å². The number of nitrogens with two attached hydrogens (primary N) is 1. The average molecular weight is 264 g/mol. The number of esters is 1. The number of benzene rings is 1. The zero-order valence-corrected chi connectivity index (χ0v) is 11.4. The summed E-state index contributed by atoms with van der Waals surface area (Å²) in [5.74, 6) is 0.0578. The molecule has 0 atom stereocenters. The third-order valence-corrected chi connectivity index (χ3v) is 3.42. The van der Waals surface area contributed by atoms with Crippen LogP contribution in [0.15, 0.2) is 18.2 Å². The molecule has 5 nitrogen and oxygen atoms in total. The van der Waals surface area contributed by atoms with Crippen LogP contribution in [0, 0.1) is 0 Å². The lowest BCUT2D eigenvalue weighted by Crippen LogP contribution is -2.35. The molecule has 2 rings (SSSR count). The van der Waals surface area contributed by atoms with Crippen molar-refractivity contribution in [2.45, 2.75) is 18.9 Å². The molecule has 1 saturated heterocycles. The molecule has 1 aliphatic rings. The van der Waals surface area contributed by atoms with E-state index in [2.05, 4.69) is 11.9 Å². The first kappa shape index (κ1) is 13.7. The Labute approximate surface area is 113 Å². The van der Waals surface area contributed by atoms with Crippen LogP contribution in [0.1, 0.15) is 23.2 Å². The molecule has 5 heteroatoms. The lowest BCUT2D eigenvalue weighted by molar-refractivity contribution is 0.0137. The molecule has 0 bridgehead atoms. The number of anilines is 1. The van der Waals surface area contributed by atoms with Gasteiger partial charge in [-0.3, -0.25) is 0 Å². The van der Waals surface area contributed by atoms with Crippen LogP contribution in [0.3, 0.4) is 0 Å². The van der Waals surface area contributed by atoms with Gasteiger partial charge in [0, 0.05) is 18.8 Å². The van der Waals surface area contributed by atoms with Gasteiger partial charge in [-0.2, -0.15) is 0 Å². The summed E-state index contributed by atoms with van der Waals surface area (Å²) in [7, 11) is 3.58. The fraction of sp³-hybridized carbons (Fsp3) is 0.500. The topological polar surface area (TPSA) is 64.8 Å². The Morgan fingerprint density at radius 1 is 1.37 bits per heavy atom. The summed E-state index contributed by atoms with van der Waals surface area (Å²) in [6, 6.07) is 5.13. The Morgan fingerprint density at radius 3 is 2.68 bits per heavy atom. The van der Waals surface area contributed by atoms with E-state index in [4.69, 9.17) is 15.2 Å². The number of carbonyl (C=O) groups is 1. The van der Waals surface area contributed by atoms with Crippen molar-refractivity contribution >= 4 is 11.7 Å². The van der Waals surface area contributed by atoms with Gasteiger partial charge in [0.2, 0.25) is 0 Å². The van der Waals surface area contributed by atoms with Crippen molar-refractivity contribution in [2.75, 3.05) is 33.0 Å². The fourth-order valence-corrected chi connectivity index (χ4v) is 2.25. The molecule has 0 aromatic heterocycles. The third kappa shape index (κ3) is 3.17. The summed E-state index contributed by atoms with van der Waals surface area (Å²) < 4.78 is 10.7. The number of hydrogen-bond donors (Lipinski definition) is 1. The van der Waals surface area contributed by atoms with Crippen LogP contribution < -0.4 is 10.5 Å². The monoisotopic (exact) mass is 264 g/mol. The Balaban J connectivity index is 2.08. The largest absolute Gasteiger partial charge is 0.496 e. The number of methoxy groups -OCH3 is 1. The Bertz CT molecular complexity index is 454. The van der Waals surface area contributed by atoms with Gasteiger partial charge < -0.3 is 20.1 Å². The van der Waals surface area contributed by atoms with Gasteiger partial charge in [0.25, 0.3) is 0 Å². The molecule has 1 aromatic rings. The normalized spacial score (nSPS) is 17.2. The maximum atomic E-state index is 12.2. The van der Waals surface area contributed by atoms with Crippen LogP contribution >= 0.6 is 0 Å². The predicted octanol–water partition coefficient (Wildman–Crippen LogP) is 1.53. The number of carbonyl (C=O) groups excluding carboxylic acids is 1. The number of rotatable bonds is 3. The molecule has 104 valence electrons. The third-order valence-electron chi connectivity index (χ3n) is 3.42. The van der Waals surface area contributed by atoms with Crippen LogP contribution in [0.25, 0.3) is 0 Å². The molecular weight excluding hydrogens is 244 g/mol. The summed E-state index contributed by atoms with van der Waals surface area (Å²) in [6.45, 7) is 1.89. The van der Waals surface area contributed by atoms with Crippen molar-refractivity contribution in [3.8, 4) is 5.75 Å². The molecule has 0 aliphatic carbocycles. The molecule has 1 aromatic carbocycles. The maximum absolute atomic E-state index is 12.2. The first-order chi connectivity index (χ1) is 9.11. The average Bonchev–Trinajstić information content (AvgIpc) is 2.40. The summed E-state index contributed by atoms with van der Waals surface area (Å²) in [6.07, 6.45) is 1.68. The van der Waals surface area contributed by atoms with Crippen molar-refractivity contribution in [1.82, 2.24) is 4.90 Å². The second-order valence-corrected chi connectivity index (χ2v) is 4.83. The van der Waals surface area contributed by atoms with E-state index in [1.165, 1.54) is 7.11 Å². The summed E-state index contributed by atoms with van der Waals surface area (Å²) in [5.41, 5.74) is 6.55. The molecule has 1 aliphatic heterocycles. The van der Waals surface area contributed by atoms with E-state index >= 15 is 0 Å². The van der Waals surface area contributed by atoms with Crippen molar-refractivity contribution < 1.29 is 14.3 Å². The SMILES string of the molecule is COc1cccc(N)c1C(=O)OC1CCN(C)CC1. The molecule has 2 N–H and O–H groups in total. The van der Waals surface area contributed by atoms with Crippen molar-refractivity contribution in [2.24, 2.45) is 0 Å². The maximum Gasteiger partial charge on any atom is 0.344 e. The standard InChI is InChI=1S/C14H20N2O3/c1-16-8-6-10(7-9-16)19-14(17)13-11(15)4-3-5-12(13)18-2/h3-5,10H,6-9,15H2,1-2H3. The van der Waals surface area contributed by atoms with Gasteiger partial charge in [-0.15, -0.1) is 0 Å². The van der Waals surface area contributed by atoms with E-state index in [9.17, 15) is 4.79 Å². The van der Waals surface area contributed by atoms with Gasteiger partial charge in [-0.05, 0) is 32.0 Å². The van der Waals surface area contributed by atoms with Gasteiger partial charge in [0.05, 0.1) is 7.11 Å². The minimum absolute atomic E-state index is 0.0342. The van der Waals surface area contributed by atoms with Crippen LogP contribution in [-0.4, -0.2) is 44.2 Å². The lowest BCUT2D eigenvalue weighted by Gasteiger charge is -2.28. The molecule has 19 heavy (non-hydrogen) atoms. The van der Waals surface area contributed by atoms with Gasteiger partial charge >= 0.3 is 5.97 Å². The van der Waals surface area contributed by atoms with Crippen LogP contribution in [0.5, 0.6) is 5.75 Å². The van der Waals surface area contributed by atoms with Crippen molar-refractivity contribution in [1.29, 1.82) is 0 Å². The molecule has 0 spiro atoms. The van der Waals surface area contributed by atoms with Crippen molar-refractivity contribution in [3.63, 3.8) is 0 Å². The Kier molecular flexibility index (Phi) is 4.27. The molecule has 1 fully saturated rings. The summed E-state index contributed by atoms with van der Waals surface area (Å²) in [5, 5.41) is 0. The van der Waals surface area contributed by atoms with Crippen molar-refractivity contribution in [3.05, 3.63) is 23.8 Å². The number of nitrogens with zero attached hydrogens (tertiary/aromatic N) is 1. The summed E-state index contributed by atoms with van der Waals surface area (Å²) in [4.78, 5) is 14.4. The number of hydrogen-bond acceptors (Lipinski definition) is 5. The highest BCUT2D eigenvalue weighted by Crippen LogP contribution is 2.26. The first-order valence-corrected chi connectivity index (χ1v) is 6.44. The minimum atomic E-state index is -0.399. The van der Waals surface area contributed by atoms with Gasteiger partial charge in [0.1, 0.15) is 17.4 Å². The number of nitrogen functional groups attached to an aromatic ring is 1. The van der Waals surface area contributed by atoms with E-state index in [1.807, 2.05) is 0 Å². The van der Waals surface area contributed by atoms with E-state index in [-0.39, 0.29) is 6.10 Å². The number of piperidine rings is 1. The van der Waals surface area contributed by atoms with E-state index in [0.717, 1.165) is 25.9 Å². The quantitative estimate of drug-likeness (QED) is 0.662. The number of ether oxygens (including phenoxy) is 2. The Hall–Kier alpha value is -1.75. The zero-order chi connectivity index (χ0) is 13.8. The highest BCUT2D eigenvalue weighted by molar-refractivity contribution is 5.98. The van der Waals surface area contributed by atoms with Crippen LogP contribution in [0.4, 0.5) is 5.69 Å². The highest BCUT2D eigenvalue weighted by Gasteiger charge is 2.24. The summed E-state index contributed by atoms with van der Waals surface area (Å²) >= 11 is 0. The second-order valence-electron chi connectivity index (χ2n) is 4.83. The predicted molar refractivity (Wildman–Crippen MR) is 73.3 cm³/mol. The second kappa shape index (κ2) is 5.93. The highest BCUT2D eigenvalue weighted by atomic mass is 16.5.